The van der Waals surface area contributed by atoms with E-state index >= 15 is 0 Å². The van der Waals surface area contributed by atoms with E-state index in [4.69, 9.17) is 9.47 Å². The maximum atomic E-state index is 12.1. The maximum Gasteiger partial charge on any atom is 0.338 e. The second-order valence-electron chi connectivity index (χ2n) is 5.77. The normalized spacial score (nSPS) is 20.6. The number of hydrogen-bond donors (Lipinski definition) is 0. The number of rotatable bonds is 5. The van der Waals surface area contributed by atoms with E-state index < -0.39 is 18.0 Å². The van der Waals surface area contributed by atoms with Crippen molar-refractivity contribution in [2.45, 2.75) is 40.7 Å². The Balaban J connectivity index is 2.85. The molecule has 1 unspecified atom stereocenters. The first-order valence-corrected chi connectivity index (χ1v) is 7.07. The Labute approximate surface area is 130 Å². The van der Waals surface area contributed by atoms with Crippen LogP contribution in [0.5, 0.6) is 0 Å². The van der Waals surface area contributed by atoms with Crippen LogP contribution in [0, 0.1) is 5.41 Å². The van der Waals surface area contributed by atoms with E-state index in [-0.39, 0.29) is 17.6 Å². The van der Waals surface area contributed by atoms with Crippen molar-refractivity contribution in [3.63, 3.8) is 0 Å². The van der Waals surface area contributed by atoms with Crippen molar-refractivity contribution >= 4 is 18.2 Å². The minimum Gasteiger partial charge on any atom is -0.461 e. The average Bonchev–Trinajstić information content (AvgIpc) is 2.41. The van der Waals surface area contributed by atoms with Crippen molar-refractivity contribution in [3.8, 4) is 0 Å². The summed E-state index contributed by atoms with van der Waals surface area (Å²) in [5, 5.41) is 0. The first kappa shape index (κ1) is 17.9. The van der Waals surface area contributed by atoms with Gasteiger partial charge in [-0.3, -0.25) is 9.59 Å². The summed E-state index contributed by atoms with van der Waals surface area (Å²) in [5.74, 6) is -1.03. The molecule has 1 rings (SSSR count). The lowest BCUT2D eigenvalue weighted by atomic mass is 9.78. The van der Waals surface area contributed by atoms with Gasteiger partial charge in [0.25, 0.3) is 0 Å². The Morgan fingerprint density at radius 2 is 2.00 bits per heavy atom. The van der Waals surface area contributed by atoms with E-state index in [2.05, 4.69) is 0 Å². The zero-order valence-electron chi connectivity index (χ0n) is 13.6. The van der Waals surface area contributed by atoms with Gasteiger partial charge in [-0.05, 0) is 25.5 Å². The number of allylic oxidation sites excluding steroid dienone is 3. The molecule has 0 fully saturated rings. The molecule has 0 spiro atoms. The van der Waals surface area contributed by atoms with Crippen molar-refractivity contribution < 1.29 is 23.9 Å². The van der Waals surface area contributed by atoms with Gasteiger partial charge >= 0.3 is 11.9 Å². The highest BCUT2D eigenvalue weighted by Gasteiger charge is 2.29. The lowest BCUT2D eigenvalue weighted by Gasteiger charge is -2.30. The van der Waals surface area contributed by atoms with Gasteiger partial charge in [-0.15, -0.1) is 0 Å². The standard InChI is InChI=1S/C17H22O5/c1-6-13(10-21-12(3)19)16(20)22-15-7-14(9-18)17(4,5)8-11(15)2/h6-9,15H,10H2,1-5H3/b13-6-. The summed E-state index contributed by atoms with van der Waals surface area (Å²) >= 11 is 0. The van der Waals surface area contributed by atoms with Crippen LogP contribution in [0.25, 0.3) is 0 Å². The highest BCUT2D eigenvalue weighted by Crippen LogP contribution is 2.34. The summed E-state index contributed by atoms with van der Waals surface area (Å²) in [4.78, 5) is 34.1. The molecule has 0 amide bonds. The molecule has 0 saturated carbocycles. The topological polar surface area (TPSA) is 69.7 Å². The molecule has 1 aliphatic rings. The van der Waals surface area contributed by atoms with Gasteiger partial charge in [0.15, 0.2) is 0 Å². The van der Waals surface area contributed by atoms with Gasteiger partial charge < -0.3 is 9.47 Å². The average molecular weight is 306 g/mol. The molecule has 0 bridgehead atoms. The Hall–Kier alpha value is -2.17. The number of ether oxygens (including phenoxy) is 2. The van der Waals surface area contributed by atoms with Gasteiger partial charge in [-0.25, -0.2) is 4.79 Å². The van der Waals surface area contributed by atoms with Crippen molar-refractivity contribution in [2.24, 2.45) is 5.41 Å². The molecule has 120 valence electrons. The van der Waals surface area contributed by atoms with Crippen LogP contribution in [-0.4, -0.2) is 30.9 Å². The highest BCUT2D eigenvalue weighted by atomic mass is 16.6. The molecule has 1 aliphatic carbocycles. The molecule has 0 heterocycles. The lowest BCUT2D eigenvalue weighted by molar-refractivity contribution is -0.144. The Bertz CT molecular complexity index is 564. The monoisotopic (exact) mass is 306 g/mol. The number of esters is 2. The van der Waals surface area contributed by atoms with Gasteiger partial charge in [0.2, 0.25) is 0 Å². The van der Waals surface area contributed by atoms with Crippen molar-refractivity contribution in [2.75, 3.05) is 6.61 Å². The van der Waals surface area contributed by atoms with E-state index in [0.29, 0.717) is 5.57 Å². The van der Waals surface area contributed by atoms with Crippen LogP contribution in [0.2, 0.25) is 0 Å². The van der Waals surface area contributed by atoms with Crippen molar-refractivity contribution in [1.29, 1.82) is 0 Å². The SMILES string of the molecule is C/C=C(/COC(C)=O)C(=O)OC1C=C(C=O)C(C)(C)C=C1C. The second-order valence-corrected chi connectivity index (χ2v) is 5.77. The number of carbonyl (C=O) groups excluding carboxylic acids is 3. The van der Waals surface area contributed by atoms with Crippen LogP contribution >= 0.6 is 0 Å². The van der Waals surface area contributed by atoms with Crippen LogP contribution in [-0.2, 0) is 23.9 Å². The van der Waals surface area contributed by atoms with Crippen molar-refractivity contribution in [1.82, 2.24) is 0 Å². The molecule has 0 saturated heterocycles. The quantitative estimate of drug-likeness (QED) is 0.338. The third-order valence-electron chi connectivity index (χ3n) is 3.51. The first-order chi connectivity index (χ1) is 10.2. The smallest absolute Gasteiger partial charge is 0.338 e. The molecule has 0 radical (unpaired) electrons. The largest absolute Gasteiger partial charge is 0.461 e. The fourth-order valence-corrected chi connectivity index (χ4v) is 2.19. The predicted octanol–water partition coefficient (Wildman–Crippen LogP) is 2.52. The van der Waals surface area contributed by atoms with E-state index in [1.54, 1.807) is 19.1 Å². The van der Waals surface area contributed by atoms with E-state index in [9.17, 15) is 14.4 Å². The van der Waals surface area contributed by atoms with Gasteiger partial charge in [0.05, 0.1) is 5.57 Å². The molecule has 5 nitrogen and oxygen atoms in total. The Morgan fingerprint density at radius 3 is 2.50 bits per heavy atom. The number of hydrogen-bond acceptors (Lipinski definition) is 5. The molecule has 22 heavy (non-hydrogen) atoms. The van der Waals surface area contributed by atoms with Crippen LogP contribution in [0.4, 0.5) is 0 Å². The summed E-state index contributed by atoms with van der Waals surface area (Å²) in [6.45, 7) is 8.50. The van der Waals surface area contributed by atoms with E-state index in [0.717, 1.165) is 11.9 Å². The van der Waals surface area contributed by atoms with Crippen LogP contribution < -0.4 is 0 Å². The Kier molecular flexibility index (Phi) is 5.85. The summed E-state index contributed by atoms with van der Waals surface area (Å²) in [7, 11) is 0. The minimum absolute atomic E-state index is 0.129. The van der Waals surface area contributed by atoms with Crippen molar-refractivity contribution in [3.05, 3.63) is 34.9 Å². The van der Waals surface area contributed by atoms with Gasteiger partial charge in [-0.2, -0.15) is 0 Å². The number of carbonyl (C=O) groups is 3. The lowest BCUT2D eigenvalue weighted by Crippen LogP contribution is -2.28. The first-order valence-electron chi connectivity index (χ1n) is 7.07. The summed E-state index contributed by atoms with van der Waals surface area (Å²) < 4.78 is 10.2. The molecule has 0 aromatic carbocycles. The summed E-state index contributed by atoms with van der Waals surface area (Å²) in [6, 6.07) is 0. The Morgan fingerprint density at radius 1 is 1.36 bits per heavy atom. The molecule has 0 aromatic rings. The zero-order chi connectivity index (χ0) is 16.9. The molecular weight excluding hydrogens is 284 g/mol. The minimum atomic E-state index is -0.590. The molecule has 1 atom stereocenters. The zero-order valence-corrected chi connectivity index (χ0v) is 13.6. The fourth-order valence-electron chi connectivity index (χ4n) is 2.19. The van der Waals surface area contributed by atoms with Crippen LogP contribution in [0.3, 0.4) is 0 Å². The van der Waals surface area contributed by atoms with Gasteiger partial charge in [0.1, 0.15) is 19.0 Å². The second kappa shape index (κ2) is 7.20. The maximum absolute atomic E-state index is 12.1. The van der Waals surface area contributed by atoms with E-state index in [1.165, 1.54) is 6.92 Å². The molecule has 0 aliphatic heterocycles. The molecule has 0 N–H and O–H groups in total. The van der Waals surface area contributed by atoms with Gasteiger partial charge in [0, 0.05) is 17.9 Å². The van der Waals surface area contributed by atoms with Crippen LogP contribution in [0.1, 0.15) is 34.6 Å². The number of aldehydes is 1. The molecular formula is C17H22O5. The summed E-state index contributed by atoms with van der Waals surface area (Å²) in [6.07, 6.45) is 5.30. The predicted molar refractivity (Wildman–Crippen MR) is 82.0 cm³/mol. The third-order valence-corrected chi connectivity index (χ3v) is 3.51. The highest BCUT2D eigenvalue weighted by molar-refractivity contribution is 5.89. The molecule has 0 aromatic heterocycles. The van der Waals surface area contributed by atoms with Crippen LogP contribution in [0.15, 0.2) is 34.9 Å². The molecule has 5 heteroatoms. The third kappa shape index (κ3) is 4.41. The summed E-state index contributed by atoms with van der Waals surface area (Å²) in [5.41, 5.74) is 1.30. The fraction of sp³-hybridized carbons (Fsp3) is 0.471. The van der Waals surface area contributed by atoms with Gasteiger partial charge in [-0.1, -0.05) is 26.0 Å². The van der Waals surface area contributed by atoms with E-state index in [1.807, 2.05) is 26.8 Å².